The maximum atomic E-state index is 6.25. The van der Waals surface area contributed by atoms with Crippen molar-refractivity contribution in [3.63, 3.8) is 0 Å². The van der Waals surface area contributed by atoms with Gasteiger partial charge in [-0.05, 0) is 56.6 Å². The molecule has 0 atom stereocenters. The van der Waals surface area contributed by atoms with E-state index >= 15 is 0 Å². The van der Waals surface area contributed by atoms with E-state index in [0.29, 0.717) is 5.02 Å². The van der Waals surface area contributed by atoms with E-state index in [1.165, 1.54) is 31.5 Å². The average Bonchev–Trinajstić information content (AvgIpc) is 2.96. The molecular formula is C16H25ClN2O. The molecule has 1 aromatic carbocycles. The van der Waals surface area contributed by atoms with E-state index in [1.54, 1.807) is 0 Å². The highest BCUT2D eigenvalue weighted by Gasteiger charge is 2.10. The summed E-state index contributed by atoms with van der Waals surface area (Å²) in [4.78, 5) is 2.50. The second-order valence-electron chi connectivity index (χ2n) is 5.30. The topological polar surface area (TPSA) is 24.5 Å². The molecule has 0 aliphatic carbocycles. The SMILES string of the molecule is CCNCc1ccc(OCCCN2CCCC2)c(Cl)c1. The molecule has 0 saturated carbocycles. The second kappa shape index (κ2) is 8.50. The zero-order valence-electron chi connectivity index (χ0n) is 12.3. The van der Waals surface area contributed by atoms with Crippen molar-refractivity contribution in [2.45, 2.75) is 32.7 Å². The van der Waals surface area contributed by atoms with Crippen LogP contribution >= 0.6 is 11.6 Å². The van der Waals surface area contributed by atoms with Crippen LogP contribution < -0.4 is 10.1 Å². The molecule has 1 aliphatic heterocycles. The maximum absolute atomic E-state index is 6.25. The van der Waals surface area contributed by atoms with Crippen molar-refractivity contribution in [3.05, 3.63) is 28.8 Å². The summed E-state index contributed by atoms with van der Waals surface area (Å²) >= 11 is 6.25. The molecule has 1 heterocycles. The summed E-state index contributed by atoms with van der Waals surface area (Å²) in [5, 5.41) is 4.00. The Kier molecular flexibility index (Phi) is 6.64. The van der Waals surface area contributed by atoms with Gasteiger partial charge in [0.25, 0.3) is 0 Å². The van der Waals surface area contributed by atoms with Crippen molar-refractivity contribution in [1.29, 1.82) is 0 Å². The first-order valence-corrected chi connectivity index (χ1v) is 8.01. The lowest BCUT2D eigenvalue weighted by atomic mass is 10.2. The number of halogens is 1. The Bertz CT molecular complexity index is 405. The van der Waals surface area contributed by atoms with Crippen LogP contribution in [0.4, 0.5) is 0 Å². The lowest BCUT2D eigenvalue weighted by Gasteiger charge is -2.15. The molecule has 20 heavy (non-hydrogen) atoms. The Morgan fingerprint density at radius 2 is 2.10 bits per heavy atom. The molecule has 1 aliphatic rings. The number of rotatable bonds is 8. The van der Waals surface area contributed by atoms with Crippen LogP contribution in [0.2, 0.25) is 5.02 Å². The van der Waals surface area contributed by atoms with Crippen molar-refractivity contribution in [1.82, 2.24) is 10.2 Å². The third-order valence-electron chi connectivity index (χ3n) is 3.65. The molecule has 0 aromatic heterocycles. The van der Waals surface area contributed by atoms with Gasteiger partial charge >= 0.3 is 0 Å². The summed E-state index contributed by atoms with van der Waals surface area (Å²) in [7, 11) is 0. The molecule has 2 rings (SSSR count). The third kappa shape index (κ3) is 4.97. The van der Waals surface area contributed by atoms with Crippen LogP contribution in [0.3, 0.4) is 0 Å². The fourth-order valence-electron chi connectivity index (χ4n) is 2.52. The molecule has 112 valence electrons. The smallest absolute Gasteiger partial charge is 0.137 e. The summed E-state index contributed by atoms with van der Waals surface area (Å²) < 4.78 is 5.78. The number of ether oxygens (including phenoxy) is 1. The molecule has 1 aromatic rings. The molecule has 0 unspecified atom stereocenters. The van der Waals surface area contributed by atoms with Gasteiger partial charge in [0.15, 0.2) is 0 Å². The van der Waals surface area contributed by atoms with E-state index in [4.69, 9.17) is 16.3 Å². The Morgan fingerprint density at radius 3 is 2.80 bits per heavy atom. The molecule has 0 bridgehead atoms. The van der Waals surface area contributed by atoms with Gasteiger partial charge in [0.1, 0.15) is 5.75 Å². The quantitative estimate of drug-likeness (QED) is 0.745. The van der Waals surface area contributed by atoms with Crippen molar-refractivity contribution in [3.8, 4) is 5.75 Å². The molecule has 0 amide bonds. The van der Waals surface area contributed by atoms with Crippen molar-refractivity contribution in [2.75, 3.05) is 32.8 Å². The van der Waals surface area contributed by atoms with Gasteiger partial charge in [-0.2, -0.15) is 0 Å². The third-order valence-corrected chi connectivity index (χ3v) is 3.95. The van der Waals surface area contributed by atoms with Crippen molar-refractivity contribution >= 4 is 11.6 Å². The van der Waals surface area contributed by atoms with Crippen LogP contribution in [0.25, 0.3) is 0 Å². The Balaban J connectivity index is 1.71. The minimum absolute atomic E-state index is 0.710. The van der Waals surface area contributed by atoms with E-state index in [0.717, 1.165) is 38.4 Å². The Labute approximate surface area is 127 Å². The van der Waals surface area contributed by atoms with Crippen LogP contribution in [-0.2, 0) is 6.54 Å². The van der Waals surface area contributed by atoms with Crippen LogP contribution in [0.15, 0.2) is 18.2 Å². The van der Waals surface area contributed by atoms with E-state index in [-0.39, 0.29) is 0 Å². The minimum atomic E-state index is 0.710. The first-order chi connectivity index (χ1) is 9.79. The largest absolute Gasteiger partial charge is 0.492 e. The number of nitrogens with one attached hydrogen (secondary N) is 1. The van der Waals surface area contributed by atoms with Gasteiger partial charge in [-0.25, -0.2) is 0 Å². The highest BCUT2D eigenvalue weighted by atomic mass is 35.5. The van der Waals surface area contributed by atoms with E-state index in [1.807, 2.05) is 12.1 Å². The zero-order chi connectivity index (χ0) is 14.2. The van der Waals surface area contributed by atoms with Gasteiger partial charge in [0.2, 0.25) is 0 Å². The van der Waals surface area contributed by atoms with E-state index in [9.17, 15) is 0 Å². The van der Waals surface area contributed by atoms with Crippen LogP contribution in [0, 0.1) is 0 Å². The van der Waals surface area contributed by atoms with Gasteiger partial charge in [-0.1, -0.05) is 24.6 Å². The molecule has 3 nitrogen and oxygen atoms in total. The fraction of sp³-hybridized carbons (Fsp3) is 0.625. The standard InChI is InChI=1S/C16H25ClN2O/c1-2-18-13-14-6-7-16(15(17)12-14)20-11-5-10-19-8-3-4-9-19/h6-7,12,18H,2-5,8-11,13H2,1H3. The summed E-state index contributed by atoms with van der Waals surface area (Å²) in [6.07, 6.45) is 3.76. The molecule has 1 N–H and O–H groups in total. The van der Waals surface area contributed by atoms with E-state index < -0.39 is 0 Å². The van der Waals surface area contributed by atoms with Gasteiger partial charge in [-0.3, -0.25) is 0 Å². The highest BCUT2D eigenvalue weighted by Crippen LogP contribution is 2.25. The predicted octanol–water partition coefficient (Wildman–Crippen LogP) is 3.31. The van der Waals surface area contributed by atoms with Crippen molar-refractivity contribution in [2.24, 2.45) is 0 Å². The first kappa shape index (κ1) is 15.6. The molecule has 1 fully saturated rings. The number of hydrogen-bond acceptors (Lipinski definition) is 3. The normalized spacial score (nSPS) is 15.7. The molecule has 0 spiro atoms. The van der Waals surface area contributed by atoms with Crippen LogP contribution in [0.1, 0.15) is 31.7 Å². The number of benzene rings is 1. The molecule has 1 saturated heterocycles. The fourth-order valence-corrected chi connectivity index (χ4v) is 2.77. The summed E-state index contributed by atoms with van der Waals surface area (Å²) in [6.45, 7) is 8.29. The minimum Gasteiger partial charge on any atom is -0.492 e. The highest BCUT2D eigenvalue weighted by molar-refractivity contribution is 6.32. The molecule has 0 radical (unpaired) electrons. The average molecular weight is 297 g/mol. The van der Waals surface area contributed by atoms with Crippen LogP contribution in [0.5, 0.6) is 5.75 Å². The number of hydrogen-bond donors (Lipinski definition) is 1. The van der Waals surface area contributed by atoms with Gasteiger partial charge < -0.3 is 15.0 Å². The zero-order valence-corrected chi connectivity index (χ0v) is 13.1. The summed E-state index contributed by atoms with van der Waals surface area (Å²) in [5.74, 6) is 0.799. The monoisotopic (exact) mass is 296 g/mol. The Hall–Kier alpha value is -0.770. The first-order valence-electron chi connectivity index (χ1n) is 7.64. The molecular weight excluding hydrogens is 272 g/mol. The van der Waals surface area contributed by atoms with E-state index in [2.05, 4.69) is 23.2 Å². The second-order valence-corrected chi connectivity index (χ2v) is 5.70. The number of likely N-dealkylation sites (tertiary alicyclic amines) is 1. The predicted molar refractivity (Wildman–Crippen MR) is 84.6 cm³/mol. The van der Waals surface area contributed by atoms with Crippen molar-refractivity contribution < 1.29 is 4.74 Å². The van der Waals surface area contributed by atoms with Crippen LogP contribution in [-0.4, -0.2) is 37.7 Å². The van der Waals surface area contributed by atoms with Gasteiger partial charge in [-0.15, -0.1) is 0 Å². The molecule has 4 heteroatoms. The lowest BCUT2D eigenvalue weighted by molar-refractivity contribution is 0.263. The Morgan fingerprint density at radius 1 is 1.30 bits per heavy atom. The summed E-state index contributed by atoms with van der Waals surface area (Å²) in [6, 6.07) is 6.04. The number of nitrogens with zero attached hydrogens (tertiary/aromatic N) is 1. The lowest BCUT2D eigenvalue weighted by Crippen LogP contribution is -2.21. The van der Waals surface area contributed by atoms with Gasteiger partial charge in [0.05, 0.1) is 11.6 Å². The maximum Gasteiger partial charge on any atom is 0.137 e. The summed E-state index contributed by atoms with van der Waals surface area (Å²) in [5.41, 5.74) is 1.20. The van der Waals surface area contributed by atoms with Gasteiger partial charge in [0, 0.05) is 13.1 Å².